The lowest BCUT2D eigenvalue weighted by Gasteiger charge is -2.32. The number of benzene rings is 2. The molecule has 1 N–H and O–H groups in total. The average Bonchev–Trinajstić information content (AvgIpc) is 3.11. The topological polar surface area (TPSA) is 60.0 Å². The number of rotatable bonds is 8. The zero-order valence-electron chi connectivity index (χ0n) is 16.8. The molecule has 2 aromatic rings. The van der Waals surface area contributed by atoms with Crippen LogP contribution in [0.15, 0.2) is 48.5 Å². The van der Waals surface area contributed by atoms with Crippen LogP contribution in [0.1, 0.15) is 24.8 Å². The van der Waals surface area contributed by atoms with Gasteiger partial charge in [-0.2, -0.15) is 0 Å². The second-order valence-electron chi connectivity index (χ2n) is 7.55. The summed E-state index contributed by atoms with van der Waals surface area (Å²) in [5, 5.41) is 3.48. The summed E-state index contributed by atoms with van der Waals surface area (Å²) < 4.78 is 17.0. The number of ether oxygens (including phenoxy) is 3. The van der Waals surface area contributed by atoms with Crippen LogP contribution < -0.4 is 19.5 Å². The third-order valence-electron chi connectivity index (χ3n) is 5.56. The molecule has 2 aliphatic rings. The van der Waals surface area contributed by atoms with E-state index in [0.717, 1.165) is 43.2 Å². The predicted octanol–water partition coefficient (Wildman–Crippen LogP) is 3.01. The maximum atomic E-state index is 12.4. The molecule has 0 aromatic heterocycles. The van der Waals surface area contributed by atoms with E-state index >= 15 is 0 Å². The van der Waals surface area contributed by atoms with Crippen molar-refractivity contribution in [3.8, 4) is 17.2 Å². The van der Waals surface area contributed by atoms with E-state index in [1.54, 1.807) is 7.11 Å². The Morgan fingerprint density at radius 2 is 1.93 bits per heavy atom. The third-order valence-corrected chi connectivity index (χ3v) is 5.56. The van der Waals surface area contributed by atoms with E-state index in [0.29, 0.717) is 19.6 Å². The fourth-order valence-electron chi connectivity index (χ4n) is 3.96. The minimum atomic E-state index is -0.123. The Kier molecular flexibility index (Phi) is 6.20. The quantitative estimate of drug-likeness (QED) is 0.695. The molecule has 1 fully saturated rings. The molecule has 2 aromatic carbocycles. The summed E-state index contributed by atoms with van der Waals surface area (Å²) in [5.41, 5.74) is 1.22. The molecule has 6 nitrogen and oxygen atoms in total. The van der Waals surface area contributed by atoms with E-state index in [-0.39, 0.29) is 18.1 Å². The van der Waals surface area contributed by atoms with Crippen LogP contribution in [0.3, 0.4) is 0 Å². The number of carbonyl (C=O) groups excluding carboxylic acids is 1. The van der Waals surface area contributed by atoms with Crippen molar-refractivity contribution in [2.45, 2.75) is 38.0 Å². The maximum absolute atomic E-state index is 12.4. The molecule has 0 radical (unpaired) electrons. The van der Waals surface area contributed by atoms with Gasteiger partial charge in [0.05, 0.1) is 13.7 Å². The minimum absolute atomic E-state index is 0.123. The summed E-state index contributed by atoms with van der Waals surface area (Å²) in [6.45, 7) is 2.73. The van der Waals surface area contributed by atoms with E-state index in [2.05, 4.69) is 17.4 Å². The largest absolute Gasteiger partial charge is 0.497 e. The molecule has 29 heavy (non-hydrogen) atoms. The summed E-state index contributed by atoms with van der Waals surface area (Å²) in [5.74, 6) is 2.61. The standard InChI is InChI=1S/C23H28N2O4/c1-27-19-9-6-17(7-10-19)14-24-13-12-18-8-11-23(26)25(18)15-20-16-28-21-4-2-3-5-22(21)29-20/h2-7,9-10,18,20,24H,8,11-16H2,1H3/t18-,20+/m0/s1. The fraction of sp³-hybridized carbons (Fsp3) is 0.435. The van der Waals surface area contributed by atoms with Crippen LogP contribution in [0.4, 0.5) is 0 Å². The van der Waals surface area contributed by atoms with Gasteiger partial charge in [0.1, 0.15) is 12.4 Å². The van der Waals surface area contributed by atoms with E-state index in [4.69, 9.17) is 14.2 Å². The Bertz CT molecular complexity index is 824. The number of methoxy groups -OCH3 is 1. The lowest BCUT2D eigenvalue weighted by atomic mass is 10.1. The molecular formula is C23H28N2O4. The number of amides is 1. The fourth-order valence-corrected chi connectivity index (χ4v) is 3.96. The lowest BCUT2D eigenvalue weighted by Crippen LogP contribution is -2.45. The Morgan fingerprint density at radius 3 is 2.72 bits per heavy atom. The van der Waals surface area contributed by atoms with Gasteiger partial charge in [0.25, 0.3) is 0 Å². The summed E-state index contributed by atoms with van der Waals surface area (Å²) >= 11 is 0. The highest BCUT2D eigenvalue weighted by Gasteiger charge is 2.34. The summed E-state index contributed by atoms with van der Waals surface area (Å²) in [4.78, 5) is 14.4. The monoisotopic (exact) mass is 396 g/mol. The lowest BCUT2D eigenvalue weighted by molar-refractivity contribution is -0.130. The molecule has 1 saturated heterocycles. The Labute approximate surface area is 171 Å². The van der Waals surface area contributed by atoms with Crippen molar-refractivity contribution in [2.75, 3.05) is 26.8 Å². The van der Waals surface area contributed by atoms with Crippen LogP contribution in [-0.4, -0.2) is 49.8 Å². The van der Waals surface area contributed by atoms with Crippen LogP contribution in [0.25, 0.3) is 0 Å². The molecule has 4 rings (SSSR count). The first-order valence-electron chi connectivity index (χ1n) is 10.2. The van der Waals surface area contributed by atoms with Crippen molar-refractivity contribution in [1.29, 1.82) is 0 Å². The molecule has 0 aliphatic carbocycles. The van der Waals surface area contributed by atoms with Crippen molar-refractivity contribution >= 4 is 5.91 Å². The van der Waals surface area contributed by atoms with Gasteiger partial charge < -0.3 is 24.4 Å². The summed E-state index contributed by atoms with van der Waals surface area (Å²) in [7, 11) is 1.67. The number of nitrogens with one attached hydrogen (secondary N) is 1. The van der Waals surface area contributed by atoms with E-state index < -0.39 is 0 Å². The van der Waals surface area contributed by atoms with Gasteiger partial charge in [-0.05, 0) is 49.2 Å². The number of carbonyl (C=O) groups is 1. The van der Waals surface area contributed by atoms with E-state index in [1.807, 2.05) is 41.3 Å². The Balaban J connectivity index is 1.25. The highest BCUT2D eigenvalue weighted by atomic mass is 16.6. The van der Waals surface area contributed by atoms with Crippen LogP contribution in [0, 0.1) is 0 Å². The Hall–Kier alpha value is -2.73. The molecule has 6 heteroatoms. The molecule has 154 valence electrons. The van der Waals surface area contributed by atoms with Crippen LogP contribution >= 0.6 is 0 Å². The first-order chi connectivity index (χ1) is 14.2. The van der Waals surface area contributed by atoms with Crippen molar-refractivity contribution < 1.29 is 19.0 Å². The number of hydrogen-bond acceptors (Lipinski definition) is 5. The van der Waals surface area contributed by atoms with Crippen LogP contribution in [0.5, 0.6) is 17.2 Å². The predicted molar refractivity (Wildman–Crippen MR) is 110 cm³/mol. The molecule has 0 bridgehead atoms. The molecule has 2 atom stereocenters. The Morgan fingerprint density at radius 1 is 1.14 bits per heavy atom. The minimum Gasteiger partial charge on any atom is -0.497 e. The SMILES string of the molecule is COc1ccc(CNCC[C@@H]2CCC(=O)N2C[C@@H]2COc3ccccc3O2)cc1. The number of likely N-dealkylation sites (tertiary alicyclic amines) is 1. The zero-order chi connectivity index (χ0) is 20.1. The molecular weight excluding hydrogens is 368 g/mol. The maximum Gasteiger partial charge on any atom is 0.223 e. The first kappa shape index (κ1) is 19.6. The molecule has 0 spiro atoms. The van der Waals surface area contributed by atoms with E-state index in [1.165, 1.54) is 5.56 Å². The van der Waals surface area contributed by atoms with E-state index in [9.17, 15) is 4.79 Å². The second kappa shape index (κ2) is 9.18. The van der Waals surface area contributed by atoms with Gasteiger partial charge in [-0.25, -0.2) is 0 Å². The zero-order valence-corrected chi connectivity index (χ0v) is 16.8. The third kappa shape index (κ3) is 4.82. The van der Waals surface area contributed by atoms with Crippen LogP contribution in [-0.2, 0) is 11.3 Å². The van der Waals surface area contributed by atoms with Crippen molar-refractivity contribution in [3.63, 3.8) is 0 Å². The van der Waals surface area contributed by atoms with Gasteiger partial charge in [0.2, 0.25) is 5.91 Å². The van der Waals surface area contributed by atoms with Gasteiger partial charge in [0, 0.05) is 19.0 Å². The highest BCUT2D eigenvalue weighted by molar-refractivity contribution is 5.78. The highest BCUT2D eigenvalue weighted by Crippen LogP contribution is 2.32. The molecule has 0 unspecified atom stereocenters. The van der Waals surface area contributed by atoms with Gasteiger partial charge in [-0.3, -0.25) is 4.79 Å². The van der Waals surface area contributed by atoms with Crippen molar-refractivity contribution in [2.24, 2.45) is 0 Å². The van der Waals surface area contributed by atoms with Gasteiger partial charge in [0.15, 0.2) is 17.6 Å². The summed E-state index contributed by atoms with van der Waals surface area (Å²) in [6, 6.07) is 16.0. The molecule has 0 saturated carbocycles. The molecule has 2 heterocycles. The normalized spacial score (nSPS) is 20.7. The van der Waals surface area contributed by atoms with Crippen LogP contribution in [0.2, 0.25) is 0 Å². The average molecular weight is 396 g/mol. The first-order valence-corrected chi connectivity index (χ1v) is 10.2. The van der Waals surface area contributed by atoms with Gasteiger partial charge >= 0.3 is 0 Å². The smallest absolute Gasteiger partial charge is 0.223 e. The van der Waals surface area contributed by atoms with Gasteiger partial charge in [-0.1, -0.05) is 24.3 Å². The van der Waals surface area contributed by atoms with Gasteiger partial charge in [-0.15, -0.1) is 0 Å². The summed E-state index contributed by atoms with van der Waals surface area (Å²) in [6.07, 6.45) is 2.34. The molecule has 2 aliphatic heterocycles. The second-order valence-corrected chi connectivity index (χ2v) is 7.55. The van der Waals surface area contributed by atoms with Crippen molar-refractivity contribution in [3.05, 3.63) is 54.1 Å². The number of para-hydroxylation sites is 2. The van der Waals surface area contributed by atoms with Crippen molar-refractivity contribution in [1.82, 2.24) is 10.2 Å². The number of hydrogen-bond donors (Lipinski definition) is 1. The number of nitrogens with zero attached hydrogens (tertiary/aromatic N) is 1. The number of fused-ring (bicyclic) bond motifs is 1. The molecule has 1 amide bonds.